The van der Waals surface area contributed by atoms with Crippen molar-refractivity contribution < 1.29 is 0 Å². The summed E-state index contributed by atoms with van der Waals surface area (Å²) in [6, 6.07) is 35.7. The van der Waals surface area contributed by atoms with E-state index in [1.807, 2.05) is 19.9 Å². The fourth-order valence-electron chi connectivity index (χ4n) is 8.74. The van der Waals surface area contributed by atoms with Crippen LogP contribution in [0, 0.1) is 6.92 Å². The summed E-state index contributed by atoms with van der Waals surface area (Å²) in [5.74, 6) is 0.658. The van der Waals surface area contributed by atoms with Gasteiger partial charge in [-0.3, -0.25) is 4.57 Å². The molecule has 0 aliphatic carbocycles. The Labute approximate surface area is 337 Å². The number of fused-ring (bicyclic) bond motifs is 12. The first-order valence-electron chi connectivity index (χ1n) is 20.2. The summed E-state index contributed by atoms with van der Waals surface area (Å²) in [7, 11) is 0. The second kappa shape index (κ2) is 14.6. The fraction of sp³-hybridized carbons (Fsp3) is 0.154. The van der Waals surface area contributed by atoms with Crippen LogP contribution in [0.4, 0.5) is 0 Å². The van der Waals surface area contributed by atoms with Crippen LogP contribution in [0.15, 0.2) is 122 Å². The van der Waals surface area contributed by atoms with Crippen LogP contribution < -0.4 is 5.22 Å². The molecule has 0 spiro atoms. The Morgan fingerprint density at radius 2 is 1.51 bits per heavy atom. The maximum absolute atomic E-state index is 5.60. The summed E-state index contributed by atoms with van der Waals surface area (Å²) in [5, 5.41) is 8.40. The third-order valence-electron chi connectivity index (χ3n) is 11.2. The van der Waals surface area contributed by atoms with Crippen LogP contribution in [0.2, 0.25) is 0 Å². The van der Waals surface area contributed by atoms with E-state index in [1.165, 1.54) is 65.2 Å². The number of nitrogens with zero attached hydrogens (tertiary/aromatic N) is 4. The van der Waals surface area contributed by atoms with Gasteiger partial charge in [0.1, 0.15) is 0 Å². The quantitative estimate of drug-likeness (QED) is 0.162. The zero-order valence-corrected chi connectivity index (χ0v) is 34.3. The highest BCUT2D eigenvalue weighted by Crippen LogP contribution is 2.43. The highest BCUT2D eigenvalue weighted by Gasteiger charge is 2.24. The van der Waals surface area contributed by atoms with E-state index in [9.17, 15) is 0 Å². The van der Waals surface area contributed by atoms with Crippen molar-refractivity contribution in [1.29, 1.82) is 0 Å². The van der Waals surface area contributed by atoms with Crippen LogP contribution in [-0.4, -0.2) is 18.9 Å². The van der Waals surface area contributed by atoms with Crippen molar-refractivity contribution in [1.82, 2.24) is 18.9 Å². The summed E-state index contributed by atoms with van der Waals surface area (Å²) < 4.78 is 5.87. The Morgan fingerprint density at radius 1 is 0.754 bits per heavy atom. The lowest BCUT2D eigenvalue weighted by Gasteiger charge is -2.13. The zero-order chi connectivity index (χ0) is 39.4. The van der Waals surface area contributed by atoms with Crippen LogP contribution in [0.25, 0.3) is 106 Å². The van der Waals surface area contributed by atoms with Crippen LogP contribution in [0.1, 0.15) is 62.6 Å². The Kier molecular flexibility index (Phi) is 9.34. The first-order valence-corrected chi connectivity index (χ1v) is 21.0. The van der Waals surface area contributed by atoms with Gasteiger partial charge in [0.15, 0.2) is 0 Å². The van der Waals surface area contributed by atoms with E-state index in [2.05, 4.69) is 171 Å². The van der Waals surface area contributed by atoms with Crippen molar-refractivity contribution in [2.24, 2.45) is 0 Å². The van der Waals surface area contributed by atoms with Crippen LogP contribution >= 0.6 is 11.3 Å². The first kappa shape index (κ1) is 36.3. The number of benzene rings is 5. The number of aromatic nitrogens is 4. The van der Waals surface area contributed by atoms with Crippen LogP contribution in [0.3, 0.4) is 0 Å². The molecule has 0 fully saturated rings. The molecule has 5 heterocycles. The summed E-state index contributed by atoms with van der Waals surface area (Å²) in [4.78, 5) is 12.3. The lowest BCUT2D eigenvalue weighted by molar-refractivity contribution is 0.913. The van der Waals surface area contributed by atoms with Gasteiger partial charge in [0.05, 0.1) is 43.5 Å². The molecule has 0 aliphatic rings. The van der Waals surface area contributed by atoms with Crippen molar-refractivity contribution in [3.8, 4) is 17.2 Å². The van der Waals surface area contributed by atoms with Gasteiger partial charge in [-0.05, 0) is 74.0 Å². The average Bonchev–Trinajstić information content (AvgIpc) is 3.98. The number of para-hydroxylation sites is 2. The lowest BCUT2D eigenvalue weighted by atomic mass is 9.99. The van der Waals surface area contributed by atoms with Gasteiger partial charge in [-0.2, -0.15) is 0 Å². The van der Waals surface area contributed by atoms with Gasteiger partial charge < -0.3 is 4.40 Å². The predicted octanol–water partition coefficient (Wildman–Crippen LogP) is 14.2. The molecule has 0 amide bonds. The molecule has 5 aromatic heterocycles. The predicted molar refractivity (Wildman–Crippen MR) is 250 cm³/mol. The van der Waals surface area contributed by atoms with Gasteiger partial charge in [0.2, 0.25) is 5.95 Å². The smallest absolute Gasteiger partial charge is 0.235 e. The standard InChI is InChI=1S/C50H40N4S.C2H6/c1-6-10-17-37-36-18-11-13-20-40(36)53-42(37)29-34-25-24-31-26-27-39-38-19-12-14-21-41(38)54(48(39)44(31)47(34)53)50-51-45(33-23-22-30(5)32(28-33)15-7-2)49-46(52-50)35(9-4)43(55-49)16-8-3;1-2/h6,8-14,16-29H,4,7,15H2,1-3,5H3;1-2H3/b10-6-,16-8-,37-17-;. The normalized spacial score (nSPS) is 12.6. The van der Waals surface area contributed by atoms with Gasteiger partial charge in [0, 0.05) is 48.2 Å². The third kappa shape index (κ3) is 5.55. The molecular formula is C52H46N4S. The monoisotopic (exact) mass is 758 g/mol. The minimum atomic E-state index is 0.658. The van der Waals surface area contributed by atoms with Gasteiger partial charge in [-0.15, -0.1) is 11.3 Å². The van der Waals surface area contributed by atoms with E-state index in [-0.39, 0.29) is 0 Å². The molecule has 0 saturated heterocycles. The molecule has 0 N–H and O–H groups in total. The number of aryl methyl sites for hydroxylation is 2. The van der Waals surface area contributed by atoms with E-state index in [0.717, 1.165) is 55.8 Å². The lowest BCUT2D eigenvalue weighted by Crippen LogP contribution is -2.04. The molecule has 0 unspecified atom stereocenters. The molecule has 0 aliphatic heterocycles. The number of thiophene rings is 1. The Balaban J connectivity index is 0.00000208. The van der Waals surface area contributed by atoms with E-state index in [0.29, 0.717) is 5.95 Å². The maximum atomic E-state index is 5.60. The average molecular weight is 759 g/mol. The minimum absolute atomic E-state index is 0.658. The largest absolute Gasteiger partial charge is 0.308 e. The summed E-state index contributed by atoms with van der Waals surface area (Å²) >= 11 is 1.74. The molecular weight excluding hydrogens is 713 g/mol. The zero-order valence-electron chi connectivity index (χ0n) is 33.5. The SMILES string of the molecule is C=Cc1c(/C=C\C)sc2c(-c3ccc(C)c(CCC)c3)nc(-n3c4ccccc4c4ccc5ccc6cc7/c(=C\C=C/C)c8ccccc8n7c6c5c43)nc12.CC. The highest BCUT2D eigenvalue weighted by molar-refractivity contribution is 7.20. The van der Waals surface area contributed by atoms with Gasteiger partial charge in [-0.25, -0.2) is 9.97 Å². The summed E-state index contributed by atoms with van der Waals surface area (Å²) in [6.07, 6.45) is 14.8. The maximum Gasteiger partial charge on any atom is 0.235 e. The topological polar surface area (TPSA) is 35.1 Å². The van der Waals surface area contributed by atoms with Crippen molar-refractivity contribution in [2.75, 3.05) is 0 Å². The van der Waals surface area contributed by atoms with E-state index >= 15 is 0 Å². The number of hydrogen-bond donors (Lipinski definition) is 0. The van der Waals surface area contributed by atoms with Crippen molar-refractivity contribution in [3.63, 3.8) is 0 Å². The van der Waals surface area contributed by atoms with Gasteiger partial charge in [0.25, 0.3) is 0 Å². The summed E-state index contributed by atoms with van der Waals surface area (Å²) in [6.45, 7) is 16.9. The third-order valence-corrected chi connectivity index (χ3v) is 12.4. The molecule has 0 atom stereocenters. The molecule has 57 heavy (non-hydrogen) atoms. The minimum Gasteiger partial charge on any atom is -0.308 e. The fourth-order valence-corrected chi connectivity index (χ4v) is 9.96. The Bertz CT molecular complexity index is 3330. The van der Waals surface area contributed by atoms with Crippen LogP contribution in [-0.2, 0) is 6.42 Å². The molecule has 0 saturated carbocycles. The Hall–Kier alpha value is -6.30. The number of hydrogen-bond acceptors (Lipinski definition) is 3. The molecule has 4 nitrogen and oxygen atoms in total. The molecule has 10 rings (SSSR count). The van der Waals surface area contributed by atoms with E-state index < -0.39 is 0 Å². The van der Waals surface area contributed by atoms with E-state index in [4.69, 9.17) is 9.97 Å². The number of allylic oxidation sites excluding steroid dienone is 3. The number of rotatable bonds is 7. The second-order valence-corrected chi connectivity index (χ2v) is 15.5. The molecule has 280 valence electrons. The van der Waals surface area contributed by atoms with E-state index in [1.54, 1.807) is 11.3 Å². The highest BCUT2D eigenvalue weighted by atomic mass is 32.1. The van der Waals surface area contributed by atoms with Crippen molar-refractivity contribution in [2.45, 2.75) is 54.4 Å². The summed E-state index contributed by atoms with van der Waals surface area (Å²) in [5.41, 5.74) is 12.5. The second-order valence-electron chi connectivity index (χ2n) is 14.4. The van der Waals surface area contributed by atoms with Crippen molar-refractivity contribution >= 4 is 99.7 Å². The van der Waals surface area contributed by atoms with Crippen LogP contribution in [0.5, 0.6) is 0 Å². The molecule has 0 radical (unpaired) electrons. The van der Waals surface area contributed by atoms with Crippen molar-refractivity contribution in [3.05, 3.63) is 149 Å². The molecule has 5 heteroatoms. The molecule has 0 bridgehead atoms. The first-order chi connectivity index (χ1) is 28.0. The van der Waals surface area contributed by atoms with Gasteiger partial charge in [-0.1, -0.05) is 137 Å². The van der Waals surface area contributed by atoms with Gasteiger partial charge >= 0.3 is 0 Å². The molecule has 5 aromatic carbocycles. The molecule has 10 aromatic rings. The Morgan fingerprint density at radius 3 is 2.28 bits per heavy atom.